The lowest BCUT2D eigenvalue weighted by Gasteiger charge is -2.15. The summed E-state index contributed by atoms with van der Waals surface area (Å²) < 4.78 is 0. The van der Waals surface area contributed by atoms with Gasteiger partial charge in [0.15, 0.2) is 0 Å². The third-order valence-corrected chi connectivity index (χ3v) is 3.23. The first-order chi connectivity index (χ1) is 5.79. The van der Waals surface area contributed by atoms with Crippen LogP contribution >= 0.6 is 11.8 Å². The van der Waals surface area contributed by atoms with E-state index in [2.05, 4.69) is 35.5 Å². The van der Waals surface area contributed by atoms with Crippen molar-refractivity contribution in [3.8, 4) is 0 Å². The number of allylic oxidation sites excluding steroid dienone is 1. The van der Waals surface area contributed by atoms with E-state index < -0.39 is 0 Å². The lowest BCUT2D eigenvalue weighted by Crippen LogP contribution is -2.19. The summed E-state index contributed by atoms with van der Waals surface area (Å²) in [4.78, 5) is 4.52. The normalized spacial score (nSPS) is 32.5. The molecule has 1 heterocycles. The van der Waals surface area contributed by atoms with Crippen LogP contribution in [-0.4, -0.2) is 23.4 Å². The molecule has 2 rings (SSSR count). The largest absolute Gasteiger partial charge is 0.388 e. The maximum absolute atomic E-state index is 4.52. The number of fused-ring (bicyclic) bond motifs is 1. The molecule has 0 spiro atoms. The Labute approximate surface area is 76.8 Å². The second-order valence-electron chi connectivity index (χ2n) is 2.95. The van der Waals surface area contributed by atoms with Crippen molar-refractivity contribution in [1.82, 2.24) is 5.32 Å². The number of thioether (sulfide) groups is 1. The molecule has 2 nitrogen and oxygen atoms in total. The van der Waals surface area contributed by atoms with Gasteiger partial charge in [0.25, 0.3) is 0 Å². The highest BCUT2D eigenvalue weighted by Crippen LogP contribution is 2.31. The van der Waals surface area contributed by atoms with Gasteiger partial charge < -0.3 is 5.32 Å². The first kappa shape index (κ1) is 7.92. The number of hydrogen-bond donors (Lipinski definition) is 1. The van der Waals surface area contributed by atoms with Gasteiger partial charge in [0.2, 0.25) is 0 Å². The van der Waals surface area contributed by atoms with Crippen molar-refractivity contribution >= 4 is 16.8 Å². The van der Waals surface area contributed by atoms with Gasteiger partial charge in [-0.2, -0.15) is 0 Å². The molecular formula is C9H12N2S. The number of aliphatic imine (C=N–C) groups is 1. The van der Waals surface area contributed by atoms with Crippen LogP contribution in [0.2, 0.25) is 0 Å². The van der Waals surface area contributed by atoms with Gasteiger partial charge >= 0.3 is 0 Å². The molecule has 0 saturated carbocycles. The van der Waals surface area contributed by atoms with Gasteiger partial charge in [-0.15, -0.1) is 11.8 Å². The molecule has 0 saturated heterocycles. The van der Waals surface area contributed by atoms with Crippen molar-refractivity contribution in [2.45, 2.75) is 18.2 Å². The minimum absolute atomic E-state index is 0.363. The molecule has 64 valence electrons. The van der Waals surface area contributed by atoms with Gasteiger partial charge in [-0.3, -0.25) is 4.99 Å². The molecule has 2 aliphatic rings. The second kappa shape index (κ2) is 2.98. The summed E-state index contributed by atoms with van der Waals surface area (Å²) in [7, 11) is 1.94. The zero-order valence-electron chi connectivity index (χ0n) is 7.24. The number of nitrogens with zero attached hydrogens (tertiary/aromatic N) is 1. The highest BCUT2D eigenvalue weighted by molar-refractivity contribution is 8.14. The van der Waals surface area contributed by atoms with Crippen LogP contribution in [0, 0.1) is 0 Å². The van der Waals surface area contributed by atoms with E-state index in [-0.39, 0.29) is 0 Å². The fourth-order valence-corrected chi connectivity index (χ4v) is 2.48. The zero-order valence-corrected chi connectivity index (χ0v) is 8.06. The van der Waals surface area contributed by atoms with E-state index in [1.165, 1.54) is 10.7 Å². The summed E-state index contributed by atoms with van der Waals surface area (Å²) in [6.45, 7) is 2.07. The van der Waals surface area contributed by atoms with Crippen LogP contribution in [-0.2, 0) is 0 Å². The molecule has 0 aromatic heterocycles. The minimum atomic E-state index is 0.363. The van der Waals surface area contributed by atoms with Crippen LogP contribution in [0.4, 0.5) is 0 Å². The molecule has 2 atom stereocenters. The summed E-state index contributed by atoms with van der Waals surface area (Å²) in [5.41, 5.74) is 1.18. The van der Waals surface area contributed by atoms with E-state index in [0.717, 1.165) is 0 Å². The van der Waals surface area contributed by atoms with Crippen LogP contribution in [0.3, 0.4) is 0 Å². The van der Waals surface area contributed by atoms with Crippen LogP contribution < -0.4 is 5.32 Å². The molecule has 0 bridgehead atoms. The Morgan fingerprint density at radius 2 is 2.42 bits per heavy atom. The summed E-state index contributed by atoms with van der Waals surface area (Å²) >= 11 is 1.85. The van der Waals surface area contributed by atoms with E-state index in [1.54, 1.807) is 0 Å². The van der Waals surface area contributed by atoms with Gasteiger partial charge in [0, 0.05) is 12.7 Å². The molecule has 1 aliphatic heterocycles. The predicted octanol–water partition coefficient (Wildman–Crippen LogP) is 1.56. The number of nitrogens with one attached hydrogen (secondary N) is 1. The van der Waals surface area contributed by atoms with Gasteiger partial charge in [-0.25, -0.2) is 0 Å². The van der Waals surface area contributed by atoms with Gasteiger partial charge in [0.1, 0.15) is 0 Å². The van der Waals surface area contributed by atoms with Crippen LogP contribution in [0.25, 0.3) is 0 Å². The topological polar surface area (TPSA) is 24.4 Å². The lowest BCUT2D eigenvalue weighted by atomic mass is 10.1. The molecule has 0 amide bonds. The Hall–Kier alpha value is -0.700. The Kier molecular flexibility index (Phi) is 1.97. The van der Waals surface area contributed by atoms with E-state index in [4.69, 9.17) is 0 Å². The van der Waals surface area contributed by atoms with Crippen molar-refractivity contribution in [3.63, 3.8) is 0 Å². The summed E-state index contributed by atoms with van der Waals surface area (Å²) in [6.07, 6.45) is 6.54. The lowest BCUT2D eigenvalue weighted by molar-refractivity contribution is 0.829. The molecular weight excluding hydrogens is 168 g/mol. The van der Waals surface area contributed by atoms with E-state index >= 15 is 0 Å². The predicted molar refractivity (Wildman–Crippen MR) is 54.6 cm³/mol. The van der Waals surface area contributed by atoms with Crippen LogP contribution in [0.5, 0.6) is 0 Å². The third-order valence-electron chi connectivity index (χ3n) is 2.08. The smallest absolute Gasteiger partial charge is 0.0869 e. The van der Waals surface area contributed by atoms with Crippen molar-refractivity contribution in [2.24, 2.45) is 4.99 Å². The van der Waals surface area contributed by atoms with Crippen molar-refractivity contribution in [3.05, 3.63) is 23.9 Å². The summed E-state index contributed by atoms with van der Waals surface area (Å²) in [5.74, 6) is 0. The number of hydrogen-bond acceptors (Lipinski definition) is 3. The Bertz CT molecular complexity index is 278. The van der Waals surface area contributed by atoms with Crippen molar-refractivity contribution in [2.75, 3.05) is 7.05 Å². The Morgan fingerprint density at radius 1 is 1.58 bits per heavy atom. The molecule has 1 aliphatic carbocycles. The maximum Gasteiger partial charge on any atom is 0.0869 e. The molecule has 1 N–H and O–H groups in total. The average molecular weight is 180 g/mol. The first-order valence-electron chi connectivity index (χ1n) is 4.08. The van der Waals surface area contributed by atoms with Gasteiger partial charge in [-0.1, -0.05) is 6.08 Å². The van der Waals surface area contributed by atoms with Gasteiger partial charge in [0.05, 0.1) is 16.3 Å². The number of rotatable bonds is 1. The standard InChI is InChI=1S/C9H12N2S/c1-6-11-8-5-7(10-2)3-4-9(8)12-6/h3-5,8-10H,1-2H3. The highest BCUT2D eigenvalue weighted by atomic mass is 32.2. The Morgan fingerprint density at radius 3 is 3.17 bits per heavy atom. The first-order valence-corrected chi connectivity index (χ1v) is 4.96. The number of likely N-dealkylation sites (N-methyl/N-ethyl adjacent to an activating group) is 1. The monoisotopic (exact) mass is 180 g/mol. The molecule has 0 aromatic carbocycles. The highest BCUT2D eigenvalue weighted by Gasteiger charge is 2.26. The fraction of sp³-hybridized carbons (Fsp3) is 0.444. The molecule has 0 aromatic rings. The summed E-state index contributed by atoms with van der Waals surface area (Å²) in [6, 6.07) is 0.363. The quantitative estimate of drug-likeness (QED) is 0.662. The van der Waals surface area contributed by atoms with E-state index in [9.17, 15) is 0 Å². The Balaban J connectivity index is 2.21. The summed E-state index contributed by atoms with van der Waals surface area (Å²) in [5, 5.41) is 4.87. The molecule has 0 fully saturated rings. The van der Waals surface area contributed by atoms with Crippen molar-refractivity contribution < 1.29 is 0 Å². The average Bonchev–Trinajstić information content (AvgIpc) is 2.43. The van der Waals surface area contributed by atoms with E-state index in [1.807, 2.05) is 18.8 Å². The minimum Gasteiger partial charge on any atom is -0.388 e. The zero-order chi connectivity index (χ0) is 8.55. The third kappa shape index (κ3) is 1.29. The second-order valence-corrected chi connectivity index (χ2v) is 4.32. The van der Waals surface area contributed by atoms with E-state index in [0.29, 0.717) is 11.3 Å². The maximum atomic E-state index is 4.52. The molecule has 12 heavy (non-hydrogen) atoms. The molecule has 3 heteroatoms. The van der Waals surface area contributed by atoms with Crippen LogP contribution in [0.1, 0.15) is 6.92 Å². The van der Waals surface area contributed by atoms with Gasteiger partial charge in [-0.05, 0) is 19.1 Å². The van der Waals surface area contributed by atoms with Crippen molar-refractivity contribution in [1.29, 1.82) is 0 Å². The molecule has 2 unspecified atom stereocenters. The fourth-order valence-electron chi connectivity index (χ4n) is 1.47. The van der Waals surface area contributed by atoms with Crippen LogP contribution in [0.15, 0.2) is 28.9 Å². The molecule has 0 radical (unpaired) electrons. The SMILES string of the molecule is CNC1=CC2N=C(C)SC2C=C1.